The summed E-state index contributed by atoms with van der Waals surface area (Å²) in [4.78, 5) is 17.2. The highest BCUT2D eigenvalue weighted by molar-refractivity contribution is 5.84. The molecule has 2 saturated heterocycles. The second-order valence-corrected chi connectivity index (χ2v) is 7.37. The standard InChI is InChI=1S/C20H26FN3O2/c1-26-12-11-24-10-7-20(19(24)25)5-2-8-23(9-6-20)15-16-3-4-18(21)17(13-16)14-22/h3-4,13H,2,5-12,15H2,1H3. The molecule has 0 aliphatic carbocycles. The van der Waals surface area contributed by atoms with E-state index in [-0.39, 0.29) is 16.9 Å². The largest absolute Gasteiger partial charge is 0.383 e. The SMILES string of the molecule is COCCN1CCC2(CCCN(Cc3ccc(F)c(C#N)c3)CC2)C1=O. The topological polar surface area (TPSA) is 56.6 Å². The number of amides is 1. The predicted octanol–water partition coefficient (Wildman–Crippen LogP) is 2.55. The molecule has 0 radical (unpaired) electrons. The summed E-state index contributed by atoms with van der Waals surface area (Å²) in [6, 6.07) is 6.63. The Hall–Kier alpha value is -1.97. The first-order valence-electron chi connectivity index (χ1n) is 9.27. The molecule has 5 nitrogen and oxygen atoms in total. The van der Waals surface area contributed by atoms with Gasteiger partial charge in [0.15, 0.2) is 0 Å². The zero-order valence-electron chi connectivity index (χ0n) is 15.3. The van der Waals surface area contributed by atoms with Crippen molar-refractivity contribution in [2.75, 3.05) is 39.9 Å². The molecule has 1 amide bonds. The van der Waals surface area contributed by atoms with Gasteiger partial charge < -0.3 is 9.64 Å². The lowest BCUT2D eigenvalue weighted by atomic mass is 9.79. The molecule has 1 aromatic rings. The highest BCUT2D eigenvalue weighted by atomic mass is 19.1. The molecule has 2 fully saturated rings. The third-order valence-electron chi connectivity index (χ3n) is 5.76. The molecule has 1 unspecified atom stereocenters. The van der Waals surface area contributed by atoms with Crippen LogP contribution in [-0.2, 0) is 16.1 Å². The Balaban J connectivity index is 1.62. The Labute approximate surface area is 154 Å². The highest BCUT2D eigenvalue weighted by Crippen LogP contribution is 2.41. The minimum Gasteiger partial charge on any atom is -0.383 e. The van der Waals surface area contributed by atoms with Gasteiger partial charge in [0.1, 0.15) is 11.9 Å². The van der Waals surface area contributed by atoms with Crippen LogP contribution in [0.25, 0.3) is 0 Å². The lowest BCUT2D eigenvalue weighted by Crippen LogP contribution is -2.37. The maximum atomic E-state index is 13.5. The van der Waals surface area contributed by atoms with Gasteiger partial charge in [0.25, 0.3) is 0 Å². The summed E-state index contributed by atoms with van der Waals surface area (Å²) in [5.74, 6) is -0.191. The first-order chi connectivity index (χ1) is 12.6. The fourth-order valence-electron chi connectivity index (χ4n) is 4.19. The summed E-state index contributed by atoms with van der Waals surface area (Å²) in [5.41, 5.74) is 0.815. The van der Waals surface area contributed by atoms with Crippen LogP contribution in [0.15, 0.2) is 18.2 Å². The molecule has 1 spiro atoms. The van der Waals surface area contributed by atoms with Gasteiger partial charge in [-0.05, 0) is 56.5 Å². The summed E-state index contributed by atoms with van der Waals surface area (Å²) < 4.78 is 18.6. The monoisotopic (exact) mass is 359 g/mol. The Morgan fingerprint density at radius 1 is 1.27 bits per heavy atom. The van der Waals surface area contributed by atoms with Crippen molar-refractivity contribution >= 4 is 5.91 Å². The average Bonchev–Trinajstić information content (AvgIpc) is 2.81. The molecule has 3 rings (SSSR count). The molecule has 2 aliphatic heterocycles. The highest BCUT2D eigenvalue weighted by Gasteiger charge is 2.46. The van der Waals surface area contributed by atoms with Gasteiger partial charge in [0.05, 0.1) is 17.6 Å². The smallest absolute Gasteiger partial charge is 0.228 e. The molecular weight excluding hydrogens is 333 g/mol. The maximum Gasteiger partial charge on any atom is 0.228 e. The van der Waals surface area contributed by atoms with E-state index in [0.717, 1.165) is 50.9 Å². The van der Waals surface area contributed by atoms with Gasteiger partial charge in [-0.3, -0.25) is 9.69 Å². The zero-order chi connectivity index (χ0) is 18.6. The Morgan fingerprint density at radius 3 is 2.85 bits per heavy atom. The summed E-state index contributed by atoms with van der Waals surface area (Å²) >= 11 is 0. The van der Waals surface area contributed by atoms with Crippen LogP contribution < -0.4 is 0 Å². The number of hydrogen-bond donors (Lipinski definition) is 0. The second-order valence-electron chi connectivity index (χ2n) is 7.37. The van der Waals surface area contributed by atoms with Gasteiger partial charge in [-0.15, -0.1) is 0 Å². The van der Waals surface area contributed by atoms with Crippen molar-refractivity contribution < 1.29 is 13.9 Å². The fourth-order valence-corrected chi connectivity index (χ4v) is 4.19. The van der Waals surface area contributed by atoms with Crippen LogP contribution >= 0.6 is 0 Å². The predicted molar refractivity (Wildman–Crippen MR) is 95.7 cm³/mol. The van der Waals surface area contributed by atoms with Gasteiger partial charge in [0.2, 0.25) is 5.91 Å². The Bertz CT molecular complexity index is 703. The third kappa shape index (κ3) is 3.89. The second kappa shape index (κ2) is 8.15. The number of carbonyl (C=O) groups is 1. The molecule has 2 heterocycles. The molecule has 0 aromatic heterocycles. The van der Waals surface area contributed by atoms with Crippen LogP contribution in [0.1, 0.15) is 36.8 Å². The summed E-state index contributed by atoms with van der Waals surface area (Å²) in [5, 5.41) is 8.99. The number of nitrogens with zero attached hydrogens (tertiary/aromatic N) is 3. The minimum absolute atomic E-state index is 0.0912. The maximum absolute atomic E-state index is 13.5. The number of benzene rings is 1. The molecule has 2 aliphatic rings. The van der Waals surface area contributed by atoms with E-state index in [1.54, 1.807) is 19.2 Å². The van der Waals surface area contributed by atoms with Gasteiger partial charge in [0, 0.05) is 26.7 Å². The number of rotatable bonds is 5. The van der Waals surface area contributed by atoms with Crippen LogP contribution in [-0.4, -0.2) is 55.6 Å². The van der Waals surface area contributed by atoms with Crippen molar-refractivity contribution in [1.82, 2.24) is 9.80 Å². The minimum atomic E-state index is -0.473. The summed E-state index contributed by atoms with van der Waals surface area (Å²) in [6.07, 6.45) is 3.70. The summed E-state index contributed by atoms with van der Waals surface area (Å²) in [7, 11) is 1.66. The van der Waals surface area contributed by atoms with E-state index in [2.05, 4.69) is 4.90 Å². The molecule has 140 valence electrons. The van der Waals surface area contributed by atoms with E-state index in [4.69, 9.17) is 10.00 Å². The van der Waals surface area contributed by atoms with E-state index < -0.39 is 5.82 Å². The third-order valence-corrected chi connectivity index (χ3v) is 5.76. The van der Waals surface area contributed by atoms with E-state index in [0.29, 0.717) is 19.7 Å². The number of ether oxygens (including phenoxy) is 1. The van der Waals surface area contributed by atoms with Gasteiger partial charge in [-0.1, -0.05) is 6.07 Å². The number of methoxy groups -OCH3 is 1. The number of nitriles is 1. The van der Waals surface area contributed by atoms with E-state index in [1.807, 2.05) is 11.0 Å². The molecular formula is C20H26FN3O2. The molecule has 0 bridgehead atoms. The lowest BCUT2D eigenvalue weighted by Gasteiger charge is -2.26. The first-order valence-corrected chi connectivity index (χ1v) is 9.27. The van der Waals surface area contributed by atoms with Gasteiger partial charge >= 0.3 is 0 Å². The number of hydrogen-bond acceptors (Lipinski definition) is 4. The van der Waals surface area contributed by atoms with Crippen LogP contribution in [0.3, 0.4) is 0 Å². The van der Waals surface area contributed by atoms with Gasteiger partial charge in [-0.25, -0.2) is 4.39 Å². The van der Waals surface area contributed by atoms with E-state index >= 15 is 0 Å². The van der Waals surface area contributed by atoms with Crippen molar-refractivity contribution in [3.05, 3.63) is 35.1 Å². The molecule has 0 N–H and O–H groups in total. The lowest BCUT2D eigenvalue weighted by molar-refractivity contribution is -0.137. The quantitative estimate of drug-likeness (QED) is 0.811. The van der Waals surface area contributed by atoms with E-state index in [1.165, 1.54) is 6.07 Å². The summed E-state index contributed by atoms with van der Waals surface area (Å²) in [6.45, 7) is 4.54. The van der Waals surface area contributed by atoms with Gasteiger partial charge in [-0.2, -0.15) is 5.26 Å². The Kier molecular flexibility index (Phi) is 5.90. The van der Waals surface area contributed by atoms with Crippen molar-refractivity contribution in [3.8, 4) is 6.07 Å². The molecule has 1 atom stereocenters. The first kappa shape index (κ1) is 18.8. The normalized spacial score (nSPS) is 24.0. The zero-order valence-corrected chi connectivity index (χ0v) is 15.3. The molecule has 0 saturated carbocycles. The number of carbonyl (C=O) groups excluding carboxylic acids is 1. The van der Waals surface area contributed by atoms with Crippen LogP contribution in [0.4, 0.5) is 4.39 Å². The van der Waals surface area contributed by atoms with Crippen molar-refractivity contribution in [2.24, 2.45) is 5.41 Å². The molecule has 1 aromatic carbocycles. The van der Waals surface area contributed by atoms with Crippen LogP contribution in [0, 0.1) is 22.6 Å². The van der Waals surface area contributed by atoms with Crippen LogP contribution in [0.5, 0.6) is 0 Å². The van der Waals surface area contributed by atoms with Crippen molar-refractivity contribution in [3.63, 3.8) is 0 Å². The number of likely N-dealkylation sites (tertiary alicyclic amines) is 2. The van der Waals surface area contributed by atoms with E-state index in [9.17, 15) is 9.18 Å². The number of halogens is 1. The average molecular weight is 359 g/mol. The Morgan fingerprint density at radius 2 is 2.08 bits per heavy atom. The fraction of sp³-hybridized carbons (Fsp3) is 0.600. The van der Waals surface area contributed by atoms with Crippen molar-refractivity contribution in [2.45, 2.75) is 32.2 Å². The van der Waals surface area contributed by atoms with Crippen molar-refractivity contribution in [1.29, 1.82) is 5.26 Å². The molecule has 26 heavy (non-hydrogen) atoms. The molecule has 6 heteroatoms. The van der Waals surface area contributed by atoms with Crippen LogP contribution in [0.2, 0.25) is 0 Å².